The molecule has 0 aliphatic carbocycles. The molecule has 0 radical (unpaired) electrons. The van der Waals surface area contributed by atoms with Crippen LogP contribution in [0.2, 0.25) is 0 Å². The van der Waals surface area contributed by atoms with Crippen molar-refractivity contribution in [2.24, 2.45) is 0 Å². The van der Waals surface area contributed by atoms with Gasteiger partial charge in [-0.3, -0.25) is 9.69 Å². The van der Waals surface area contributed by atoms with Gasteiger partial charge in [-0.05, 0) is 41.4 Å². The number of amides is 1. The van der Waals surface area contributed by atoms with Gasteiger partial charge in [0.2, 0.25) is 0 Å². The van der Waals surface area contributed by atoms with Crippen molar-refractivity contribution in [3.8, 4) is 0 Å². The van der Waals surface area contributed by atoms with E-state index in [0.29, 0.717) is 6.54 Å². The molecule has 1 amide bonds. The molecular formula is C22H30Cl2N4O. The van der Waals surface area contributed by atoms with Crippen molar-refractivity contribution >= 4 is 30.7 Å². The van der Waals surface area contributed by atoms with E-state index in [1.165, 1.54) is 16.7 Å². The maximum absolute atomic E-state index is 12.6. The first-order chi connectivity index (χ1) is 13.2. The highest BCUT2D eigenvalue weighted by molar-refractivity contribution is 5.94. The number of hydrogen-bond acceptors (Lipinski definition) is 4. The third-order valence-corrected chi connectivity index (χ3v) is 5.55. The Balaban J connectivity index is 0.00000150. The fourth-order valence-electron chi connectivity index (χ4n) is 3.82. The van der Waals surface area contributed by atoms with Gasteiger partial charge in [-0.1, -0.05) is 30.3 Å². The molecule has 158 valence electrons. The van der Waals surface area contributed by atoms with Gasteiger partial charge < -0.3 is 15.5 Å². The van der Waals surface area contributed by atoms with Crippen LogP contribution in [-0.2, 0) is 26.2 Å². The van der Waals surface area contributed by atoms with Crippen LogP contribution in [0, 0.1) is 0 Å². The average molecular weight is 437 g/mol. The molecule has 2 aliphatic heterocycles. The lowest BCUT2D eigenvalue weighted by Crippen LogP contribution is -2.43. The zero-order chi connectivity index (χ0) is 18.6. The maximum atomic E-state index is 12.6. The molecule has 2 N–H and O–H groups in total. The molecule has 2 heterocycles. The number of carbonyl (C=O) groups is 1. The summed E-state index contributed by atoms with van der Waals surface area (Å²) in [6.07, 6.45) is 0. The van der Waals surface area contributed by atoms with Crippen LogP contribution < -0.4 is 10.6 Å². The van der Waals surface area contributed by atoms with Gasteiger partial charge in [0.1, 0.15) is 0 Å². The number of carbonyl (C=O) groups excluding carboxylic acids is 1. The first-order valence-electron chi connectivity index (χ1n) is 9.77. The first kappa shape index (κ1) is 23.6. The Hall–Kier alpha value is -1.63. The summed E-state index contributed by atoms with van der Waals surface area (Å²) < 4.78 is 0. The van der Waals surface area contributed by atoms with Gasteiger partial charge in [-0.25, -0.2) is 0 Å². The summed E-state index contributed by atoms with van der Waals surface area (Å²) in [5, 5.41) is 6.42. The molecule has 0 saturated carbocycles. The van der Waals surface area contributed by atoms with Crippen LogP contribution in [0.1, 0.15) is 32.6 Å². The van der Waals surface area contributed by atoms with E-state index in [1.807, 2.05) is 18.2 Å². The normalized spacial score (nSPS) is 16.4. The number of fused-ring (bicyclic) bond motifs is 1. The van der Waals surface area contributed by atoms with Crippen LogP contribution in [0.25, 0.3) is 0 Å². The Labute approximate surface area is 185 Å². The molecule has 0 bridgehead atoms. The van der Waals surface area contributed by atoms with E-state index in [2.05, 4.69) is 51.7 Å². The molecular weight excluding hydrogens is 407 g/mol. The third kappa shape index (κ3) is 6.17. The summed E-state index contributed by atoms with van der Waals surface area (Å²) in [6.45, 7) is 7.72. The lowest BCUT2D eigenvalue weighted by molar-refractivity contribution is 0.0950. The van der Waals surface area contributed by atoms with Gasteiger partial charge in [0.15, 0.2) is 0 Å². The van der Waals surface area contributed by atoms with Gasteiger partial charge in [0.25, 0.3) is 5.91 Å². The highest BCUT2D eigenvalue weighted by Crippen LogP contribution is 2.17. The number of hydrogen-bond donors (Lipinski definition) is 2. The predicted molar refractivity (Wildman–Crippen MR) is 122 cm³/mol. The van der Waals surface area contributed by atoms with Crippen molar-refractivity contribution in [3.05, 3.63) is 70.3 Å². The molecule has 2 aromatic rings. The average Bonchev–Trinajstić information content (AvgIpc) is 3.16. The second kappa shape index (κ2) is 11.0. The molecule has 2 aliphatic rings. The summed E-state index contributed by atoms with van der Waals surface area (Å²) in [5.74, 6) is -0.00569. The quantitative estimate of drug-likeness (QED) is 0.756. The van der Waals surface area contributed by atoms with Crippen LogP contribution in [0.4, 0.5) is 0 Å². The van der Waals surface area contributed by atoms with Gasteiger partial charge in [0.05, 0.1) is 0 Å². The van der Waals surface area contributed by atoms with Crippen LogP contribution >= 0.6 is 24.8 Å². The summed E-state index contributed by atoms with van der Waals surface area (Å²) in [7, 11) is 2.17. The lowest BCUT2D eigenvalue weighted by atomic mass is 10.1. The zero-order valence-electron chi connectivity index (χ0n) is 16.8. The number of nitrogens with zero attached hydrogens (tertiary/aromatic N) is 2. The minimum atomic E-state index is -0.00569. The second-order valence-electron chi connectivity index (χ2n) is 7.67. The number of rotatable bonds is 5. The summed E-state index contributed by atoms with van der Waals surface area (Å²) in [6, 6.07) is 14.5. The number of benzene rings is 2. The summed E-state index contributed by atoms with van der Waals surface area (Å²) in [5.41, 5.74) is 5.80. The van der Waals surface area contributed by atoms with E-state index in [0.717, 1.165) is 56.9 Å². The van der Waals surface area contributed by atoms with E-state index in [-0.39, 0.29) is 30.7 Å². The maximum Gasteiger partial charge on any atom is 0.251 e. The number of piperazine rings is 1. The molecule has 4 rings (SSSR count). The fraction of sp³-hybridized carbons (Fsp3) is 0.409. The monoisotopic (exact) mass is 436 g/mol. The van der Waals surface area contributed by atoms with Crippen molar-refractivity contribution in [2.45, 2.75) is 26.2 Å². The Morgan fingerprint density at radius 3 is 2.52 bits per heavy atom. The molecule has 1 fully saturated rings. The van der Waals surface area contributed by atoms with E-state index in [9.17, 15) is 4.79 Å². The molecule has 5 nitrogen and oxygen atoms in total. The predicted octanol–water partition coefficient (Wildman–Crippen LogP) is 2.81. The smallest absolute Gasteiger partial charge is 0.251 e. The molecule has 2 aromatic carbocycles. The summed E-state index contributed by atoms with van der Waals surface area (Å²) >= 11 is 0. The first-order valence-corrected chi connectivity index (χ1v) is 9.77. The van der Waals surface area contributed by atoms with Crippen molar-refractivity contribution < 1.29 is 4.79 Å². The van der Waals surface area contributed by atoms with Crippen LogP contribution in [0.5, 0.6) is 0 Å². The fourth-order valence-corrected chi connectivity index (χ4v) is 3.82. The minimum Gasteiger partial charge on any atom is -0.348 e. The van der Waals surface area contributed by atoms with Crippen molar-refractivity contribution in [3.63, 3.8) is 0 Å². The van der Waals surface area contributed by atoms with Gasteiger partial charge in [0, 0.05) is 57.9 Å². The molecule has 0 atom stereocenters. The van der Waals surface area contributed by atoms with Crippen molar-refractivity contribution in [1.82, 2.24) is 20.4 Å². The Kier molecular flexibility index (Phi) is 8.93. The largest absolute Gasteiger partial charge is 0.348 e. The van der Waals surface area contributed by atoms with E-state index in [1.54, 1.807) is 0 Å². The van der Waals surface area contributed by atoms with E-state index in [4.69, 9.17) is 0 Å². The molecule has 7 heteroatoms. The lowest BCUT2D eigenvalue weighted by Gasteiger charge is -2.32. The molecule has 0 unspecified atom stereocenters. The van der Waals surface area contributed by atoms with Gasteiger partial charge in [-0.15, -0.1) is 24.8 Å². The molecule has 1 saturated heterocycles. The topological polar surface area (TPSA) is 47.6 Å². The van der Waals surface area contributed by atoms with Crippen molar-refractivity contribution in [2.75, 3.05) is 33.2 Å². The van der Waals surface area contributed by atoms with Crippen LogP contribution in [-0.4, -0.2) is 48.9 Å². The highest BCUT2D eigenvalue weighted by atomic mass is 35.5. The second-order valence-corrected chi connectivity index (χ2v) is 7.67. The SMILES string of the molecule is CN1CCN(Cc2cccc(C(=O)NCc3ccc4c(c3)CNC4)c2)CC1.Cl.Cl. The van der Waals surface area contributed by atoms with E-state index < -0.39 is 0 Å². The van der Waals surface area contributed by atoms with Crippen LogP contribution in [0.3, 0.4) is 0 Å². The standard InChI is InChI=1S/C22H28N4O.2ClH/c1-25-7-9-26(10-8-25)16-18-3-2-4-19(12-18)22(27)24-13-17-5-6-20-14-23-15-21(20)11-17;;/h2-6,11-12,23H,7-10,13-16H2,1H3,(H,24,27);2*1H. The Morgan fingerprint density at radius 1 is 0.966 bits per heavy atom. The number of nitrogens with one attached hydrogen (secondary N) is 2. The highest BCUT2D eigenvalue weighted by Gasteiger charge is 2.15. The zero-order valence-corrected chi connectivity index (χ0v) is 18.5. The molecule has 0 spiro atoms. The van der Waals surface area contributed by atoms with Gasteiger partial charge >= 0.3 is 0 Å². The Morgan fingerprint density at radius 2 is 1.72 bits per heavy atom. The third-order valence-electron chi connectivity index (χ3n) is 5.55. The van der Waals surface area contributed by atoms with Crippen molar-refractivity contribution in [1.29, 1.82) is 0 Å². The number of likely N-dealkylation sites (N-methyl/N-ethyl adjacent to an activating group) is 1. The van der Waals surface area contributed by atoms with Crippen LogP contribution in [0.15, 0.2) is 42.5 Å². The molecule has 0 aromatic heterocycles. The van der Waals surface area contributed by atoms with E-state index >= 15 is 0 Å². The molecule has 29 heavy (non-hydrogen) atoms. The minimum absolute atomic E-state index is 0. The van der Waals surface area contributed by atoms with Gasteiger partial charge in [-0.2, -0.15) is 0 Å². The summed E-state index contributed by atoms with van der Waals surface area (Å²) in [4.78, 5) is 17.4. The Bertz CT molecular complexity index is 822. The number of halogens is 2.